The van der Waals surface area contributed by atoms with Gasteiger partial charge in [-0.3, -0.25) is 4.98 Å². The molecule has 1 atom stereocenters. The molecule has 0 unspecified atom stereocenters. The lowest BCUT2D eigenvalue weighted by molar-refractivity contribution is 0.414. The number of ether oxygens (including phenoxy) is 1. The Morgan fingerprint density at radius 3 is 2.71 bits per heavy atom. The van der Waals surface area contributed by atoms with Crippen molar-refractivity contribution in [3.63, 3.8) is 0 Å². The Kier molecular flexibility index (Phi) is 5.35. The zero-order valence-electron chi connectivity index (χ0n) is 16.0. The average Bonchev–Trinajstić information content (AvgIpc) is 3.21. The van der Waals surface area contributed by atoms with Gasteiger partial charge in [-0.25, -0.2) is 4.68 Å². The van der Waals surface area contributed by atoms with Crippen molar-refractivity contribution in [1.82, 2.24) is 14.8 Å². The van der Waals surface area contributed by atoms with Gasteiger partial charge in [0.05, 0.1) is 18.5 Å². The number of nitrogens with two attached hydrogens (primary N) is 1. The number of pyridine rings is 1. The molecule has 0 saturated carbocycles. The van der Waals surface area contributed by atoms with Crippen molar-refractivity contribution in [2.24, 2.45) is 5.73 Å². The van der Waals surface area contributed by atoms with Crippen molar-refractivity contribution in [3.05, 3.63) is 84.4 Å². The quantitative estimate of drug-likeness (QED) is 0.534. The van der Waals surface area contributed by atoms with Gasteiger partial charge in [-0.1, -0.05) is 18.2 Å². The Morgan fingerprint density at radius 2 is 1.89 bits per heavy atom. The largest absolute Gasteiger partial charge is 0.497 e. The van der Waals surface area contributed by atoms with E-state index in [2.05, 4.69) is 41.4 Å². The van der Waals surface area contributed by atoms with Crippen LogP contribution in [-0.2, 0) is 12.8 Å². The van der Waals surface area contributed by atoms with Crippen LogP contribution in [0.25, 0.3) is 16.5 Å². The van der Waals surface area contributed by atoms with E-state index in [4.69, 9.17) is 15.6 Å². The summed E-state index contributed by atoms with van der Waals surface area (Å²) in [5.41, 5.74) is 9.66. The molecule has 0 radical (unpaired) electrons. The Morgan fingerprint density at radius 1 is 1.04 bits per heavy atom. The molecular weight excluding hydrogens is 348 g/mol. The first-order chi connectivity index (χ1) is 13.7. The molecule has 0 spiro atoms. The number of aromatic nitrogens is 3. The molecule has 2 N–H and O–H groups in total. The summed E-state index contributed by atoms with van der Waals surface area (Å²) < 4.78 is 7.12. The topological polar surface area (TPSA) is 66.0 Å². The van der Waals surface area contributed by atoms with Gasteiger partial charge < -0.3 is 10.5 Å². The fraction of sp³-hybridized carbons (Fsp3) is 0.217. The summed E-state index contributed by atoms with van der Waals surface area (Å²) in [5.74, 6) is 0.868. The lowest BCUT2D eigenvalue weighted by Gasteiger charge is -2.11. The van der Waals surface area contributed by atoms with Gasteiger partial charge in [0.15, 0.2) is 0 Å². The lowest BCUT2D eigenvalue weighted by Crippen LogP contribution is -2.23. The van der Waals surface area contributed by atoms with Crippen LogP contribution in [0.5, 0.6) is 5.75 Å². The van der Waals surface area contributed by atoms with Crippen molar-refractivity contribution >= 4 is 10.8 Å². The molecule has 5 heteroatoms. The minimum atomic E-state index is 0.103. The van der Waals surface area contributed by atoms with E-state index in [0.717, 1.165) is 47.2 Å². The summed E-state index contributed by atoms with van der Waals surface area (Å²) in [6.45, 7) is 0. The highest BCUT2D eigenvalue weighted by Crippen LogP contribution is 2.18. The fourth-order valence-corrected chi connectivity index (χ4v) is 3.35. The molecule has 0 saturated heterocycles. The third-order valence-corrected chi connectivity index (χ3v) is 4.96. The normalized spacial score (nSPS) is 12.2. The second-order valence-corrected chi connectivity index (χ2v) is 7.01. The van der Waals surface area contributed by atoms with Crippen LogP contribution in [0.1, 0.15) is 17.7 Å². The highest BCUT2D eigenvalue weighted by molar-refractivity contribution is 5.83. The van der Waals surface area contributed by atoms with Gasteiger partial charge in [-0.2, -0.15) is 5.10 Å². The number of benzene rings is 2. The van der Waals surface area contributed by atoms with Gasteiger partial charge in [0, 0.05) is 30.0 Å². The highest BCUT2D eigenvalue weighted by atomic mass is 16.5. The highest BCUT2D eigenvalue weighted by Gasteiger charge is 2.08. The first-order valence-corrected chi connectivity index (χ1v) is 9.48. The second kappa shape index (κ2) is 8.23. The summed E-state index contributed by atoms with van der Waals surface area (Å²) in [6.07, 6.45) is 8.30. The van der Waals surface area contributed by atoms with E-state index in [1.165, 1.54) is 5.56 Å². The van der Waals surface area contributed by atoms with Gasteiger partial charge in [0.25, 0.3) is 0 Å². The van der Waals surface area contributed by atoms with Crippen molar-refractivity contribution in [3.8, 4) is 11.4 Å². The van der Waals surface area contributed by atoms with E-state index in [1.807, 2.05) is 41.5 Å². The van der Waals surface area contributed by atoms with Gasteiger partial charge in [0.2, 0.25) is 0 Å². The molecule has 4 rings (SSSR count). The summed E-state index contributed by atoms with van der Waals surface area (Å²) in [5, 5.41) is 7.00. The molecular formula is C23H24N4O. The third kappa shape index (κ3) is 4.21. The number of hydrogen-bond donors (Lipinski definition) is 1. The number of methoxy groups -OCH3 is 1. The summed E-state index contributed by atoms with van der Waals surface area (Å²) in [6, 6.07) is 18.5. The van der Waals surface area contributed by atoms with Crippen LogP contribution in [0, 0.1) is 0 Å². The maximum Gasteiger partial charge on any atom is 0.118 e. The minimum absolute atomic E-state index is 0.103. The molecule has 0 aliphatic carbocycles. The smallest absolute Gasteiger partial charge is 0.118 e. The predicted molar refractivity (Wildman–Crippen MR) is 112 cm³/mol. The molecule has 0 fully saturated rings. The Balaban J connectivity index is 1.37. The minimum Gasteiger partial charge on any atom is -0.497 e. The number of fused-ring (bicyclic) bond motifs is 1. The summed E-state index contributed by atoms with van der Waals surface area (Å²) in [7, 11) is 1.68. The molecule has 0 aliphatic rings. The Bertz CT molecular complexity index is 1060. The van der Waals surface area contributed by atoms with Crippen molar-refractivity contribution in [2.45, 2.75) is 25.3 Å². The lowest BCUT2D eigenvalue weighted by atomic mass is 10.0. The first kappa shape index (κ1) is 18.2. The first-order valence-electron chi connectivity index (χ1n) is 9.48. The molecule has 2 heterocycles. The van der Waals surface area contributed by atoms with Crippen LogP contribution < -0.4 is 10.5 Å². The van der Waals surface area contributed by atoms with E-state index in [1.54, 1.807) is 7.11 Å². The SMILES string of the molecule is COc1ccc(C[C@H](N)CCc2ccn(-c3ccc4cnccc4c3)n2)cc1. The number of nitrogens with zero attached hydrogens (tertiary/aromatic N) is 3. The summed E-state index contributed by atoms with van der Waals surface area (Å²) >= 11 is 0. The van der Waals surface area contributed by atoms with E-state index in [0.29, 0.717) is 0 Å². The Labute approximate surface area is 164 Å². The molecule has 0 amide bonds. The van der Waals surface area contributed by atoms with Gasteiger partial charge >= 0.3 is 0 Å². The Hall–Kier alpha value is -3.18. The van der Waals surface area contributed by atoms with Crippen molar-refractivity contribution in [1.29, 1.82) is 0 Å². The number of rotatable bonds is 7. The van der Waals surface area contributed by atoms with Crippen LogP contribution in [-0.4, -0.2) is 27.9 Å². The van der Waals surface area contributed by atoms with Gasteiger partial charge in [-0.05, 0) is 66.6 Å². The maximum atomic E-state index is 6.33. The zero-order valence-corrected chi connectivity index (χ0v) is 16.0. The molecule has 28 heavy (non-hydrogen) atoms. The predicted octanol–water partition coefficient (Wildman–Crippen LogP) is 3.93. The maximum absolute atomic E-state index is 6.33. The molecule has 142 valence electrons. The number of hydrogen-bond acceptors (Lipinski definition) is 4. The van der Waals surface area contributed by atoms with E-state index < -0.39 is 0 Å². The third-order valence-electron chi connectivity index (χ3n) is 4.96. The molecule has 2 aromatic heterocycles. The van der Waals surface area contributed by atoms with Crippen LogP contribution in [0.2, 0.25) is 0 Å². The van der Waals surface area contributed by atoms with Crippen LogP contribution in [0.3, 0.4) is 0 Å². The van der Waals surface area contributed by atoms with Crippen LogP contribution in [0.4, 0.5) is 0 Å². The van der Waals surface area contributed by atoms with Crippen molar-refractivity contribution in [2.75, 3.05) is 7.11 Å². The van der Waals surface area contributed by atoms with Crippen LogP contribution >= 0.6 is 0 Å². The summed E-state index contributed by atoms with van der Waals surface area (Å²) in [4.78, 5) is 4.16. The molecule has 2 aromatic carbocycles. The van der Waals surface area contributed by atoms with E-state index in [-0.39, 0.29) is 6.04 Å². The fourth-order valence-electron chi connectivity index (χ4n) is 3.35. The van der Waals surface area contributed by atoms with Crippen molar-refractivity contribution < 1.29 is 4.74 Å². The molecule has 0 aliphatic heterocycles. The second-order valence-electron chi connectivity index (χ2n) is 7.01. The number of aryl methyl sites for hydroxylation is 1. The van der Waals surface area contributed by atoms with Gasteiger partial charge in [0.1, 0.15) is 5.75 Å². The monoisotopic (exact) mass is 372 g/mol. The van der Waals surface area contributed by atoms with E-state index in [9.17, 15) is 0 Å². The average molecular weight is 372 g/mol. The standard InChI is InChI=1S/C23H24N4O/c1-28-23-8-2-17(3-9-23)14-20(24)5-6-21-11-13-27(26-21)22-7-4-19-16-25-12-10-18(19)15-22/h2-4,7-13,15-16,20H,5-6,14,24H2,1H3/t20-/m1/s1. The molecule has 0 bridgehead atoms. The molecule has 5 nitrogen and oxygen atoms in total. The zero-order chi connectivity index (χ0) is 19.3. The van der Waals surface area contributed by atoms with Gasteiger partial charge in [-0.15, -0.1) is 0 Å². The molecule has 4 aromatic rings. The van der Waals surface area contributed by atoms with Crippen LogP contribution in [0.15, 0.2) is 73.2 Å². The van der Waals surface area contributed by atoms with E-state index >= 15 is 0 Å².